The van der Waals surface area contributed by atoms with Crippen LogP contribution in [0, 0.1) is 0 Å². The van der Waals surface area contributed by atoms with Crippen molar-refractivity contribution >= 4 is 6.09 Å². The standard InChI is InChI=1S/C8H17NO3/c1-4-7(5-6-11-3)12-8(10)9-2/h7H,4-6H2,1-3H3,(H,9,10). The number of methoxy groups -OCH3 is 1. The monoisotopic (exact) mass is 175 g/mol. The minimum Gasteiger partial charge on any atom is -0.446 e. The first kappa shape index (κ1) is 11.2. The molecule has 0 aromatic rings. The minimum absolute atomic E-state index is 0.0371. The number of hydrogen-bond donors (Lipinski definition) is 1. The predicted octanol–water partition coefficient (Wildman–Crippen LogP) is 1.16. The number of hydrogen-bond acceptors (Lipinski definition) is 3. The zero-order valence-electron chi connectivity index (χ0n) is 7.92. The van der Waals surface area contributed by atoms with Crippen LogP contribution in [-0.4, -0.2) is 33.0 Å². The predicted molar refractivity (Wildman–Crippen MR) is 46.1 cm³/mol. The quantitative estimate of drug-likeness (QED) is 0.682. The first-order valence-electron chi connectivity index (χ1n) is 4.11. The van der Waals surface area contributed by atoms with Crippen LogP contribution in [0.3, 0.4) is 0 Å². The normalized spacial score (nSPS) is 12.2. The van der Waals surface area contributed by atoms with Gasteiger partial charge in [-0.15, -0.1) is 0 Å². The maximum atomic E-state index is 10.8. The van der Waals surface area contributed by atoms with E-state index in [1.165, 1.54) is 0 Å². The Balaban J connectivity index is 3.59. The maximum Gasteiger partial charge on any atom is 0.407 e. The van der Waals surface area contributed by atoms with Crippen LogP contribution in [-0.2, 0) is 9.47 Å². The fourth-order valence-corrected chi connectivity index (χ4v) is 0.806. The third-order valence-electron chi connectivity index (χ3n) is 1.58. The molecular weight excluding hydrogens is 158 g/mol. The molecule has 0 saturated heterocycles. The zero-order valence-corrected chi connectivity index (χ0v) is 7.92. The van der Waals surface area contributed by atoms with Gasteiger partial charge in [-0.1, -0.05) is 6.92 Å². The molecule has 4 heteroatoms. The van der Waals surface area contributed by atoms with E-state index in [0.29, 0.717) is 6.61 Å². The molecule has 1 amide bonds. The highest BCUT2D eigenvalue weighted by Crippen LogP contribution is 2.03. The molecule has 0 bridgehead atoms. The lowest BCUT2D eigenvalue weighted by molar-refractivity contribution is 0.0709. The van der Waals surface area contributed by atoms with Crippen molar-refractivity contribution in [1.82, 2.24) is 5.32 Å². The molecule has 0 radical (unpaired) electrons. The largest absolute Gasteiger partial charge is 0.446 e. The van der Waals surface area contributed by atoms with Gasteiger partial charge in [0, 0.05) is 27.2 Å². The molecular formula is C8H17NO3. The summed E-state index contributed by atoms with van der Waals surface area (Å²) < 4.78 is 9.90. The highest BCUT2D eigenvalue weighted by Gasteiger charge is 2.09. The van der Waals surface area contributed by atoms with Crippen molar-refractivity contribution in [1.29, 1.82) is 0 Å². The molecule has 0 spiro atoms. The second-order valence-corrected chi connectivity index (χ2v) is 2.47. The molecule has 0 aliphatic rings. The molecule has 0 saturated carbocycles. The van der Waals surface area contributed by atoms with Crippen LogP contribution < -0.4 is 5.32 Å². The van der Waals surface area contributed by atoms with Gasteiger partial charge in [-0.3, -0.25) is 0 Å². The lowest BCUT2D eigenvalue weighted by Crippen LogP contribution is -2.26. The molecule has 0 fully saturated rings. The number of nitrogens with one attached hydrogen (secondary N) is 1. The van der Waals surface area contributed by atoms with Gasteiger partial charge in [0.15, 0.2) is 0 Å². The number of carbonyl (C=O) groups is 1. The second kappa shape index (κ2) is 6.91. The van der Waals surface area contributed by atoms with Crippen LogP contribution in [0.25, 0.3) is 0 Å². The van der Waals surface area contributed by atoms with Gasteiger partial charge in [0.1, 0.15) is 6.10 Å². The highest BCUT2D eigenvalue weighted by molar-refractivity contribution is 5.66. The van der Waals surface area contributed by atoms with E-state index in [0.717, 1.165) is 12.8 Å². The van der Waals surface area contributed by atoms with E-state index in [1.54, 1.807) is 14.2 Å². The summed E-state index contributed by atoms with van der Waals surface area (Å²) in [5, 5.41) is 2.40. The van der Waals surface area contributed by atoms with E-state index in [-0.39, 0.29) is 12.2 Å². The van der Waals surface area contributed by atoms with Gasteiger partial charge in [-0.2, -0.15) is 0 Å². The first-order valence-corrected chi connectivity index (χ1v) is 4.11. The Bertz CT molecular complexity index is 127. The Morgan fingerprint density at radius 2 is 2.25 bits per heavy atom. The molecule has 1 N–H and O–H groups in total. The molecule has 0 aromatic heterocycles. The second-order valence-electron chi connectivity index (χ2n) is 2.47. The van der Waals surface area contributed by atoms with Crippen LogP contribution in [0.2, 0.25) is 0 Å². The van der Waals surface area contributed by atoms with E-state index < -0.39 is 0 Å². The molecule has 72 valence electrons. The molecule has 0 rings (SSSR count). The van der Waals surface area contributed by atoms with Gasteiger partial charge in [0.05, 0.1) is 0 Å². The molecule has 12 heavy (non-hydrogen) atoms. The van der Waals surface area contributed by atoms with E-state index in [2.05, 4.69) is 5.32 Å². The Morgan fingerprint density at radius 1 is 1.58 bits per heavy atom. The molecule has 1 atom stereocenters. The van der Waals surface area contributed by atoms with Crippen molar-refractivity contribution in [2.45, 2.75) is 25.9 Å². The van der Waals surface area contributed by atoms with Crippen LogP contribution in [0.1, 0.15) is 19.8 Å². The Labute approximate surface area is 73.2 Å². The van der Waals surface area contributed by atoms with Crippen LogP contribution in [0.5, 0.6) is 0 Å². The lowest BCUT2D eigenvalue weighted by Gasteiger charge is -2.14. The fourth-order valence-electron chi connectivity index (χ4n) is 0.806. The summed E-state index contributed by atoms with van der Waals surface area (Å²) in [6.45, 7) is 2.60. The molecule has 1 unspecified atom stereocenters. The summed E-state index contributed by atoms with van der Waals surface area (Å²) in [6, 6.07) is 0. The van der Waals surface area contributed by atoms with Crippen molar-refractivity contribution in [2.24, 2.45) is 0 Å². The van der Waals surface area contributed by atoms with Crippen molar-refractivity contribution in [3.8, 4) is 0 Å². The SMILES string of the molecule is CCC(CCOC)OC(=O)NC. The molecule has 0 aromatic carbocycles. The average molecular weight is 175 g/mol. The number of amides is 1. The van der Waals surface area contributed by atoms with E-state index in [9.17, 15) is 4.79 Å². The third kappa shape index (κ3) is 4.96. The summed E-state index contributed by atoms with van der Waals surface area (Å²) in [5.41, 5.74) is 0. The maximum absolute atomic E-state index is 10.8. The van der Waals surface area contributed by atoms with E-state index in [1.807, 2.05) is 6.92 Å². The number of ether oxygens (including phenoxy) is 2. The molecule has 0 aliphatic carbocycles. The van der Waals surface area contributed by atoms with Gasteiger partial charge in [-0.25, -0.2) is 4.79 Å². The van der Waals surface area contributed by atoms with Gasteiger partial charge in [-0.05, 0) is 6.42 Å². The Kier molecular flexibility index (Phi) is 6.47. The summed E-state index contributed by atoms with van der Waals surface area (Å²) >= 11 is 0. The van der Waals surface area contributed by atoms with Crippen molar-refractivity contribution in [3.63, 3.8) is 0 Å². The topological polar surface area (TPSA) is 47.6 Å². The van der Waals surface area contributed by atoms with Crippen LogP contribution in [0.4, 0.5) is 4.79 Å². The molecule has 0 heterocycles. The summed E-state index contributed by atoms with van der Waals surface area (Å²) in [6.07, 6.45) is 1.15. The molecule has 4 nitrogen and oxygen atoms in total. The summed E-state index contributed by atoms with van der Waals surface area (Å²) in [4.78, 5) is 10.8. The lowest BCUT2D eigenvalue weighted by atomic mass is 10.2. The van der Waals surface area contributed by atoms with Crippen molar-refractivity contribution < 1.29 is 14.3 Å². The summed E-state index contributed by atoms with van der Waals surface area (Å²) in [5.74, 6) is 0. The average Bonchev–Trinajstić information content (AvgIpc) is 2.11. The van der Waals surface area contributed by atoms with E-state index in [4.69, 9.17) is 9.47 Å². The molecule has 0 aliphatic heterocycles. The van der Waals surface area contributed by atoms with Crippen LogP contribution >= 0.6 is 0 Å². The number of alkyl carbamates (subject to hydrolysis) is 1. The Morgan fingerprint density at radius 3 is 2.67 bits per heavy atom. The third-order valence-corrected chi connectivity index (χ3v) is 1.58. The first-order chi connectivity index (χ1) is 5.74. The number of carbonyl (C=O) groups excluding carboxylic acids is 1. The smallest absolute Gasteiger partial charge is 0.407 e. The Hall–Kier alpha value is -0.770. The van der Waals surface area contributed by atoms with Crippen molar-refractivity contribution in [2.75, 3.05) is 20.8 Å². The zero-order chi connectivity index (χ0) is 9.40. The fraction of sp³-hybridized carbons (Fsp3) is 0.875. The van der Waals surface area contributed by atoms with Gasteiger partial charge >= 0.3 is 6.09 Å². The summed E-state index contributed by atoms with van der Waals surface area (Å²) in [7, 11) is 3.18. The minimum atomic E-state index is -0.377. The number of rotatable bonds is 5. The van der Waals surface area contributed by atoms with Gasteiger partial charge in [0.2, 0.25) is 0 Å². The van der Waals surface area contributed by atoms with Gasteiger partial charge < -0.3 is 14.8 Å². The van der Waals surface area contributed by atoms with Crippen molar-refractivity contribution in [3.05, 3.63) is 0 Å². The van der Waals surface area contributed by atoms with E-state index >= 15 is 0 Å². The van der Waals surface area contributed by atoms with Crippen LogP contribution in [0.15, 0.2) is 0 Å². The van der Waals surface area contributed by atoms with Gasteiger partial charge in [0.25, 0.3) is 0 Å². The highest BCUT2D eigenvalue weighted by atomic mass is 16.6.